The molecule has 0 saturated carbocycles. The minimum Gasteiger partial charge on any atom is -0.496 e. The van der Waals surface area contributed by atoms with Gasteiger partial charge in [-0.25, -0.2) is 13.4 Å². The Morgan fingerprint density at radius 3 is 2.38 bits per heavy atom. The first-order valence-electron chi connectivity index (χ1n) is 8.37. The lowest BCUT2D eigenvalue weighted by Gasteiger charge is -2.13. The molecule has 0 aromatic heterocycles. The highest BCUT2D eigenvalue weighted by molar-refractivity contribution is 7.90. The van der Waals surface area contributed by atoms with E-state index in [-0.39, 0.29) is 0 Å². The van der Waals surface area contributed by atoms with Gasteiger partial charge in [0.25, 0.3) is 0 Å². The lowest BCUT2D eigenvalue weighted by Crippen LogP contribution is -2.36. The van der Waals surface area contributed by atoms with Crippen LogP contribution in [-0.4, -0.2) is 34.3 Å². The van der Waals surface area contributed by atoms with Crippen LogP contribution in [0.1, 0.15) is 18.1 Å². The molecule has 2 N–H and O–H groups in total. The molecule has 0 atom stereocenters. The van der Waals surface area contributed by atoms with Crippen LogP contribution in [-0.2, 0) is 22.9 Å². The molecule has 0 saturated heterocycles. The van der Waals surface area contributed by atoms with Crippen LogP contribution in [0, 0.1) is 0 Å². The number of rotatable bonds is 7. The van der Waals surface area contributed by atoms with Crippen molar-refractivity contribution >= 4 is 15.8 Å². The van der Waals surface area contributed by atoms with Gasteiger partial charge < -0.3 is 15.4 Å². The second-order valence-corrected chi connectivity index (χ2v) is 7.79. The van der Waals surface area contributed by atoms with Gasteiger partial charge in [0.1, 0.15) is 5.75 Å². The third-order valence-corrected chi connectivity index (χ3v) is 4.88. The molecule has 26 heavy (non-hydrogen) atoms. The molecular weight excluding hydrogens is 350 g/mol. The number of hydrogen-bond donors (Lipinski definition) is 2. The Morgan fingerprint density at radius 2 is 1.77 bits per heavy atom. The predicted molar refractivity (Wildman–Crippen MR) is 104 cm³/mol. The third kappa shape index (κ3) is 5.77. The Hall–Kier alpha value is -2.54. The van der Waals surface area contributed by atoms with Crippen LogP contribution < -0.4 is 15.4 Å². The summed E-state index contributed by atoms with van der Waals surface area (Å²) in [5.41, 5.74) is 1.98. The number of nitrogens with one attached hydrogen (secondary N) is 2. The number of nitrogens with zero attached hydrogens (tertiary/aromatic N) is 1. The molecular formula is C19H25N3O3S. The normalized spacial score (nSPS) is 11.9. The molecule has 6 nitrogen and oxygen atoms in total. The molecule has 0 heterocycles. The number of benzene rings is 2. The average molecular weight is 375 g/mol. The largest absolute Gasteiger partial charge is 0.496 e. The maximum atomic E-state index is 11.5. The number of aliphatic imine (C=N–C) groups is 1. The highest BCUT2D eigenvalue weighted by Crippen LogP contribution is 2.16. The number of para-hydroxylation sites is 1. The van der Waals surface area contributed by atoms with Crippen LogP contribution >= 0.6 is 0 Å². The number of ether oxygens (including phenoxy) is 1. The molecule has 7 heteroatoms. The first kappa shape index (κ1) is 19.8. The van der Waals surface area contributed by atoms with Crippen LogP contribution in [0.2, 0.25) is 0 Å². The minimum atomic E-state index is -3.18. The molecule has 2 aromatic rings. The van der Waals surface area contributed by atoms with Crippen molar-refractivity contribution < 1.29 is 13.2 Å². The summed E-state index contributed by atoms with van der Waals surface area (Å²) in [7, 11) is -1.53. The van der Waals surface area contributed by atoms with Gasteiger partial charge in [-0.2, -0.15) is 0 Å². The molecule has 0 aliphatic carbocycles. The van der Waals surface area contributed by atoms with E-state index in [1.54, 1.807) is 31.4 Å². The van der Waals surface area contributed by atoms with E-state index >= 15 is 0 Å². The van der Waals surface area contributed by atoms with Crippen LogP contribution in [0.25, 0.3) is 0 Å². The summed E-state index contributed by atoms with van der Waals surface area (Å²) in [6.07, 6.45) is 1.20. The summed E-state index contributed by atoms with van der Waals surface area (Å²) in [6, 6.07) is 14.6. The van der Waals surface area contributed by atoms with Crippen molar-refractivity contribution in [3.05, 3.63) is 59.7 Å². The minimum absolute atomic E-state index is 0.312. The van der Waals surface area contributed by atoms with E-state index in [2.05, 4.69) is 15.6 Å². The quantitative estimate of drug-likeness (QED) is 0.574. The van der Waals surface area contributed by atoms with Gasteiger partial charge in [0.05, 0.1) is 18.6 Å². The third-order valence-electron chi connectivity index (χ3n) is 3.75. The lowest BCUT2D eigenvalue weighted by molar-refractivity contribution is 0.409. The van der Waals surface area contributed by atoms with Crippen molar-refractivity contribution in [2.24, 2.45) is 4.99 Å². The fraction of sp³-hybridized carbons (Fsp3) is 0.316. The highest BCUT2D eigenvalue weighted by atomic mass is 32.2. The molecule has 0 spiro atoms. The monoisotopic (exact) mass is 375 g/mol. The van der Waals surface area contributed by atoms with Gasteiger partial charge in [0.2, 0.25) is 0 Å². The zero-order valence-corrected chi connectivity index (χ0v) is 16.1. The van der Waals surface area contributed by atoms with Crippen LogP contribution in [0.3, 0.4) is 0 Å². The van der Waals surface area contributed by atoms with Gasteiger partial charge in [-0.15, -0.1) is 0 Å². The second kappa shape index (κ2) is 9.24. The predicted octanol–water partition coefficient (Wildman–Crippen LogP) is 2.35. The molecule has 0 fully saturated rings. The van der Waals surface area contributed by atoms with Crippen molar-refractivity contribution in [3.63, 3.8) is 0 Å². The summed E-state index contributed by atoms with van der Waals surface area (Å²) < 4.78 is 28.4. The van der Waals surface area contributed by atoms with E-state index in [1.165, 1.54) is 6.26 Å². The molecule has 0 amide bonds. The molecule has 0 unspecified atom stereocenters. The SMILES string of the molecule is CCNC(=NCc1ccc(S(C)(=O)=O)cc1)NCc1ccccc1OC. The molecule has 0 radical (unpaired) electrons. The summed E-state index contributed by atoms with van der Waals surface area (Å²) in [5.74, 6) is 1.51. The Labute approximate surface area is 155 Å². The molecule has 2 aromatic carbocycles. The van der Waals surface area contributed by atoms with Gasteiger partial charge in [0, 0.05) is 24.9 Å². The van der Waals surface area contributed by atoms with E-state index in [0.717, 1.165) is 23.4 Å². The summed E-state index contributed by atoms with van der Waals surface area (Å²) in [5, 5.41) is 6.48. The fourth-order valence-electron chi connectivity index (χ4n) is 2.38. The number of sulfone groups is 1. The molecule has 0 aliphatic heterocycles. The van der Waals surface area contributed by atoms with Crippen molar-refractivity contribution in [2.45, 2.75) is 24.9 Å². The first-order valence-corrected chi connectivity index (χ1v) is 10.3. The van der Waals surface area contributed by atoms with E-state index in [9.17, 15) is 8.42 Å². The smallest absolute Gasteiger partial charge is 0.191 e. The number of guanidine groups is 1. The van der Waals surface area contributed by atoms with Crippen LogP contribution in [0.15, 0.2) is 58.4 Å². The molecule has 0 aliphatic rings. The Balaban J connectivity index is 2.04. The zero-order valence-electron chi connectivity index (χ0n) is 15.3. The average Bonchev–Trinajstić information content (AvgIpc) is 2.64. The molecule has 0 bridgehead atoms. The fourth-order valence-corrected chi connectivity index (χ4v) is 3.01. The topological polar surface area (TPSA) is 79.8 Å². The van der Waals surface area contributed by atoms with E-state index in [4.69, 9.17) is 4.74 Å². The van der Waals surface area contributed by atoms with Crippen LogP contribution in [0.4, 0.5) is 0 Å². The van der Waals surface area contributed by atoms with Crippen molar-refractivity contribution in [3.8, 4) is 5.75 Å². The Morgan fingerprint density at radius 1 is 1.08 bits per heavy atom. The van der Waals surface area contributed by atoms with Crippen molar-refractivity contribution in [2.75, 3.05) is 19.9 Å². The van der Waals surface area contributed by atoms with Gasteiger partial charge in [0.15, 0.2) is 15.8 Å². The van der Waals surface area contributed by atoms with Gasteiger partial charge >= 0.3 is 0 Å². The Kier molecular flexibility index (Phi) is 7.03. The maximum Gasteiger partial charge on any atom is 0.191 e. The lowest BCUT2D eigenvalue weighted by atomic mass is 10.2. The van der Waals surface area contributed by atoms with Crippen molar-refractivity contribution in [1.82, 2.24) is 10.6 Å². The Bertz CT molecular complexity index is 847. The summed E-state index contributed by atoms with van der Waals surface area (Å²) >= 11 is 0. The van der Waals surface area contributed by atoms with Crippen molar-refractivity contribution in [1.29, 1.82) is 0 Å². The highest BCUT2D eigenvalue weighted by Gasteiger charge is 2.06. The van der Waals surface area contributed by atoms with Gasteiger partial charge in [-0.1, -0.05) is 30.3 Å². The standard InChI is InChI=1S/C19H25N3O3S/c1-4-20-19(22-14-16-7-5-6-8-18(16)25-2)21-13-15-9-11-17(12-10-15)26(3,23)24/h5-12H,4,13-14H2,1-3H3,(H2,20,21,22). The molecule has 2 rings (SSSR count). The molecule has 140 valence electrons. The maximum absolute atomic E-state index is 11.5. The zero-order chi connectivity index (χ0) is 19.0. The van der Waals surface area contributed by atoms with E-state index < -0.39 is 9.84 Å². The number of methoxy groups -OCH3 is 1. The van der Waals surface area contributed by atoms with Gasteiger partial charge in [-0.3, -0.25) is 0 Å². The second-order valence-electron chi connectivity index (χ2n) is 5.78. The summed E-state index contributed by atoms with van der Waals surface area (Å²) in [4.78, 5) is 4.86. The van der Waals surface area contributed by atoms with E-state index in [1.807, 2.05) is 31.2 Å². The summed E-state index contributed by atoms with van der Waals surface area (Å²) in [6.45, 7) is 3.78. The number of hydrogen-bond acceptors (Lipinski definition) is 4. The van der Waals surface area contributed by atoms with Crippen LogP contribution in [0.5, 0.6) is 5.75 Å². The van der Waals surface area contributed by atoms with Gasteiger partial charge in [-0.05, 0) is 30.7 Å². The van der Waals surface area contributed by atoms with E-state index in [0.29, 0.717) is 23.9 Å². The first-order chi connectivity index (χ1) is 12.4.